The summed E-state index contributed by atoms with van der Waals surface area (Å²) < 4.78 is 0. The quantitative estimate of drug-likeness (QED) is 0.856. The summed E-state index contributed by atoms with van der Waals surface area (Å²) in [5.41, 5.74) is 9.69. The van der Waals surface area contributed by atoms with Gasteiger partial charge in [0.1, 0.15) is 0 Å². The predicted molar refractivity (Wildman–Crippen MR) is 74.4 cm³/mol. The summed E-state index contributed by atoms with van der Waals surface area (Å²) in [4.78, 5) is 11.0. The average Bonchev–Trinajstić information content (AvgIpc) is 2.74. The minimum absolute atomic E-state index is 0.155. The number of rotatable bonds is 2. The van der Waals surface area contributed by atoms with E-state index in [2.05, 4.69) is 24.3 Å². The Morgan fingerprint density at radius 1 is 1.16 bits per heavy atom. The lowest BCUT2D eigenvalue weighted by molar-refractivity contribution is -0.143. The lowest BCUT2D eigenvalue weighted by Crippen LogP contribution is -2.26. The Morgan fingerprint density at radius 2 is 1.84 bits per heavy atom. The average molecular weight is 257 g/mol. The molecule has 1 aromatic rings. The number of benzene rings is 1. The smallest absolute Gasteiger partial charge is 0.306 e. The summed E-state index contributed by atoms with van der Waals surface area (Å²) in [5, 5.41) is 9.06. The van der Waals surface area contributed by atoms with Crippen molar-refractivity contribution < 1.29 is 9.90 Å². The fourth-order valence-corrected chi connectivity index (χ4v) is 3.60. The summed E-state index contributed by atoms with van der Waals surface area (Å²) in [6.45, 7) is 0. The molecule has 1 aromatic carbocycles. The summed E-state index contributed by atoms with van der Waals surface area (Å²) in [7, 11) is 0. The Balaban J connectivity index is 1.78. The highest BCUT2D eigenvalue weighted by Gasteiger charge is 2.35. The van der Waals surface area contributed by atoms with Crippen molar-refractivity contribution in [1.82, 2.24) is 0 Å². The molecule has 0 spiro atoms. The van der Waals surface area contributed by atoms with Crippen LogP contribution in [0.1, 0.15) is 42.7 Å². The van der Waals surface area contributed by atoms with Crippen LogP contribution in [0.4, 0.5) is 0 Å². The second-order valence-electron chi connectivity index (χ2n) is 5.70. The number of carbonyl (C=O) groups is 1. The van der Waals surface area contributed by atoms with E-state index < -0.39 is 5.97 Å². The van der Waals surface area contributed by atoms with E-state index in [1.165, 1.54) is 11.1 Å². The van der Waals surface area contributed by atoms with E-state index in [1.807, 2.05) is 6.07 Å². The maximum Gasteiger partial charge on any atom is 0.306 e. The number of aliphatic carboxylic acids is 1. The van der Waals surface area contributed by atoms with Crippen LogP contribution in [0.2, 0.25) is 0 Å². The van der Waals surface area contributed by atoms with E-state index in [0.717, 1.165) is 31.4 Å². The molecular weight excluding hydrogens is 238 g/mol. The van der Waals surface area contributed by atoms with Crippen molar-refractivity contribution in [3.05, 3.63) is 41.1 Å². The number of carboxylic acids is 1. The molecule has 19 heavy (non-hydrogen) atoms. The van der Waals surface area contributed by atoms with E-state index >= 15 is 0 Å². The molecule has 3 nitrogen and oxygen atoms in total. The lowest BCUT2D eigenvalue weighted by Gasteiger charge is -2.31. The first kappa shape index (κ1) is 12.3. The molecule has 0 saturated heterocycles. The summed E-state index contributed by atoms with van der Waals surface area (Å²) >= 11 is 0. The van der Waals surface area contributed by atoms with Gasteiger partial charge >= 0.3 is 5.97 Å². The van der Waals surface area contributed by atoms with Crippen molar-refractivity contribution in [2.45, 2.75) is 31.6 Å². The number of fused-ring (bicyclic) bond motifs is 1. The molecule has 0 aromatic heterocycles. The highest BCUT2D eigenvalue weighted by atomic mass is 16.4. The van der Waals surface area contributed by atoms with Crippen molar-refractivity contribution in [3.8, 4) is 0 Å². The van der Waals surface area contributed by atoms with Crippen molar-refractivity contribution in [2.75, 3.05) is 0 Å². The summed E-state index contributed by atoms with van der Waals surface area (Å²) in [6, 6.07) is 8.35. The van der Waals surface area contributed by atoms with Gasteiger partial charge in [-0.25, -0.2) is 0 Å². The Bertz CT molecular complexity index is 527. The van der Waals surface area contributed by atoms with Crippen molar-refractivity contribution in [2.24, 2.45) is 17.6 Å². The first-order chi connectivity index (χ1) is 9.16. The van der Waals surface area contributed by atoms with Crippen molar-refractivity contribution >= 4 is 12.0 Å². The largest absolute Gasteiger partial charge is 0.481 e. The molecule has 0 amide bonds. The van der Waals surface area contributed by atoms with Crippen LogP contribution < -0.4 is 5.73 Å². The van der Waals surface area contributed by atoms with Crippen LogP contribution in [0.5, 0.6) is 0 Å². The van der Waals surface area contributed by atoms with E-state index in [9.17, 15) is 4.79 Å². The molecule has 1 saturated carbocycles. The highest BCUT2D eigenvalue weighted by molar-refractivity contribution is 5.70. The second-order valence-corrected chi connectivity index (χ2v) is 5.70. The molecule has 2 aliphatic rings. The molecule has 0 radical (unpaired) electrons. The third-order valence-corrected chi connectivity index (χ3v) is 4.60. The van der Waals surface area contributed by atoms with Gasteiger partial charge in [0.05, 0.1) is 5.92 Å². The minimum Gasteiger partial charge on any atom is -0.481 e. The first-order valence-electron chi connectivity index (χ1n) is 6.95. The van der Waals surface area contributed by atoms with Gasteiger partial charge in [0.2, 0.25) is 0 Å². The zero-order valence-corrected chi connectivity index (χ0v) is 10.9. The topological polar surface area (TPSA) is 63.3 Å². The maximum absolute atomic E-state index is 11.0. The summed E-state index contributed by atoms with van der Waals surface area (Å²) in [5.74, 6) is -0.00617. The van der Waals surface area contributed by atoms with Crippen LogP contribution in [0.3, 0.4) is 0 Å². The summed E-state index contributed by atoms with van der Waals surface area (Å²) in [6.07, 6.45) is 5.57. The van der Waals surface area contributed by atoms with E-state index in [4.69, 9.17) is 10.8 Å². The van der Waals surface area contributed by atoms with E-state index in [0.29, 0.717) is 11.8 Å². The molecule has 2 aliphatic carbocycles. The van der Waals surface area contributed by atoms with Gasteiger partial charge in [-0.3, -0.25) is 4.79 Å². The van der Waals surface area contributed by atoms with E-state index in [1.54, 1.807) is 0 Å². The Labute approximate surface area is 113 Å². The molecule has 3 heteroatoms. The van der Waals surface area contributed by atoms with Gasteiger partial charge in [0.15, 0.2) is 0 Å². The number of hydrogen-bond acceptors (Lipinski definition) is 2. The minimum atomic E-state index is -0.645. The lowest BCUT2D eigenvalue weighted by atomic mass is 9.73. The predicted octanol–water partition coefficient (Wildman–Crippen LogP) is 2.97. The number of nitrogens with two attached hydrogens (primary N) is 1. The van der Waals surface area contributed by atoms with Gasteiger partial charge in [0, 0.05) is 11.6 Å². The Hall–Kier alpha value is -1.77. The SMILES string of the molecule is NC1=Cc2ccccc2C1C1CCC(C(=O)O)CC1. The Kier molecular flexibility index (Phi) is 3.05. The first-order valence-corrected chi connectivity index (χ1v) is 6.95. The molecule has 3 N–H and O–H groups in total. The highest BCUT2D eigenvalue weighted by Crippen LogP contribution is 2.45. The van der Waals surface area contributed by atoms with Crippen LogP contribution in [-0.4, -0.2) is 11.1 Å². The molecule has 3 rings (SSSR count). The van der Waals surface area contributed by atoms with Gasteiger partial charge in [-0.2, -0.15) is 0 Å². The molecular formula is C16H19NO2. The molecule has 0 bridgehead atoms. The van der Waals surface area contributed by atoms with Gasteiger partial charge in [0.25, 0.3) is 0 Å². The van der Waals surface area contributed by atoms with Gasteiger partial charge in [-0.1, -0.05) is 24.3 Å². The molecule has 1 fully saturated rings. The van der Waals surface area contributed by atoms with Crippen molar-refractivity contribution in [3.63, 3.8) is 0 Å². The molecule has 1 unspecified atom stereocenters. The molecule has 0 aliphatic heterocycles. The number of carboxylic acid groups (broad SMARTS) is 1. The Morgan fingerprint density at radius 3 is 2.53 bits per heavy atom. The fraction of sp³-hybridized carbons (Fsp3) is 0.438. The second kappa shape index (κ2) is 4.72. The van der Waals surface area contributed by atoms with Crippen molar-refractivity contribution in [1.29, 1.82) is 0 Å². The zero-order valence-electron chi connectivity index (χ0n) is 10.9. The third-order valence-electron chi connectivity index (χ3n) is 4.60. The number of allylic oxidation sites excluding steroid dienone is 1. The number of hydrogen-bond donors (Lipinski definition) is 2. The third kappa shape index (κ3) is 2.14. The van der Waals surface area contributed by atoms with Crippen LogP contribution in [0, 0.1) is 11.8 Å². The van der Waals surface area contributed by atoms with Gasteiger partial charge < -0.3 is 10.8 Å². The van der Waals surface area contributed by atoms with Crippen LogP contribution >= 0.6 is 0 Å². The zero-order chi connectivity index (χ0) is 13.4. The van der Waals surface area contributed by atoms with Crippen LogP contribution in [0.15, 0.2) is 30.0 Å². The molecule has 1 atom stereocenters. The monoisotopic (exact) mass is 257 g/mol. The van der Waals surface area contributed by atoms with Crippen LogP contribution in [-0.2, 0) is 4.79 Å². The molecule has 0 heterocycles. The standard InChI is InChI=1S/C16H19NO2/c17-14-9-12-3-1-2-4-13(12)15(14)10-5-7-11(8-6-10)16(18)19/h1-4,9-11,15H,5-8,17H2,(H,18,19). The molecule has 100 valence electrons. The van der Waals surface area contributed by atoms with Gasteiger partial charge in [-0.15, -0.1) is 0 Å². The van der Waals surface area contributed by atoms with Crippen LogP contribution in [0.25, 0.3) is 6.08 Å². The fourth-order valence-electron chi connectivity index (χ4n) is 3.60. The normalized spacial score (nSPS) is 29.7. The van der Waals surface area contributed by atoms with Gasteiger partial charge in [-0.05, 0) is 48.8 Å². The maximum atomic E-state index is 11.0. The van der Waals surface area contributed by atoms with E-state index in [-0.39, 0.29) is 5.92 Å².